The molecule has 88 valence electrons. The van der Waals surface area contributed by atoms with Gasteiger partial charge in [0, 0.05) is 52.1 Å². The first-order valence-electron chi connectivity index (χ1n) is 5.23. The summed E-state index contributed by atoms with van der Waals surface area (Å²) in [5, 5.41) is 5.59. The van der Waals surface area contributed by atoms with Gasteiger partial charge in [-0.2, -0.15) is 0 Å². The molecular weight excluding hydrogens is 204 g/mol. The molecule has 0 atom stereocenters. The van der Waals surface area contributed by atoms with Gasteiger partial charge in [0.25, 0.3) is 0 Å². The van der Waals surface area contributed by atoms with Crippen LogP contribution >= 0.6 is 0 Å². The van der Waals surface area contributed by atoms with E-state index in [2.05, 4.69) is 15.6 Å². The fourth-order valence-electron chi connectivity index (χ4n) is 1.32. The zero-order chi connectivity index (χ0) is 12.0. The fraction of sp³-hybridized carbons (Fsp3) is 0.455. The molecule has 0 aliphatic rings. The van der Waals surface area contributed by atoms with Crippen LogP contribution in [-0.4, -0.2) is 38.6 Å². The van der Waals surface area contributed by atoms with Crippen molar-refractivity contribution >= 4 is 17.4 Å². The van der Waals surface area contributed by atoms with Crippen LogP contribution < -0.4 is 15.5 Å². The average molecular weight is 222 g/mol. The zero-order valence-electron chi connectivity index (χ0n) is 9.95. The lowest BCUT2D eigenvalue weighted by molar-refractivity contribution is -0.120. The third-order valence-corrected chi connectivity index (χ3v) is 2.39. The highest BCUT2D eigenvalue weighted by Crippen LogP contribution is 2.15. The van der Waals surface area contributed by atoms with Gasteiger partial charge in [-0.05, 0) is 6.07 Å². The van der Waals surface area contributed by atoms with E-state index in [1.807, 2.05) is 31.1 Å². The SMILES string of the molecule is CNC(=O)CCN(C)c1ccnc(NC)c1. The van der Waals surface area contributed by atoms with E-state index in [1.54, 1.807) is 13.2 Å². The molecule has 0 aliphatic heterocycles. The Hall–Kier alpha value is -1.78. The molecule has 1 heterocycles. The summed E-state index contributed by atoms with van der Waals surface area (Å²) >= 11 is 0. The third kappa shape index (κ3) is 3.42. The van der Waals surface area contributed by atoms with Crippen LogP contribution in [0.3, 0.4) is 0 Å². The van der Waals surface area contributed by atoms with E-state index in [0.29, 0.717) is 13.0 Å². The van der Waals surface area contributed by atoms with Crippen LogP contribution in [-0.2, 0) is 4.79 Å². The van der Waals surface area contributed by atoms with Gasteiger partial charge in [0.2, 0.25) is 5.91 Å². The first-order valence-corrected chi connectivity index (χ1v) is 5.23. The van der Waals surface area contributed by atoms with Crippen LogP contribution in [0.2, 0.25) is 0 Å². The molecule has 0 aromatic carbocycles. The molecule has 2 N–H and O–H groups in total. The lowest BCUT2D eigenvalue weighted by Gasteiger charge is -2.19. The Morgan fingerprint density at radius 2 is 2.25 bits per heavy atom. The van der Waals surface area contributed by atoms with Crippen LogP contribution in [0.5, 0.6) is 0 Å². The maximum atomic E-state index is 11.1. The lowest BCUT2D eigenvalue weighted by atomic mass is 10.3. The summed E-state index contributed by atoms with van der Waals surface area (Å²) in [5.74, 6) is 0.874. The van der Waals surface area contributed by atoms with E-state index in [1.165, 1.54) is 0 Å². The molecule has 1 amide bonds. The van der Waals surface area contributed by atoms with Crippen LogP contribution in [0, 0.1) is 0 Å². The molecule has 0 unspecified atom stereocenters. The van der Waals surface area contributed by atoms with E-state index in [0.717, 1.165) is 11.5 Å². The number of anilines is 2. The Bertz CT molecular complexity index is 354. The van der Waals surface area contributed by atoms with Crippen LogP contribution in [0.4, 0.5) is 11.5 Å². The fourth-order valence-corrected chi connectivity index (χ4v) is 1.32. The van der Waals surface area contributed by atoms with E-state index in [4.69, 9.17) is 0 Å². The summed E-state index contributed by atoms with van der Waals surface area (Å²) in [6, 6.07) is 3.87. The summed E-state index contributed by atoms with van der Waals surface area (Å²) in [4.78, 5) is 17.3. The zero-order valence-corrected chi connectivity index (χ0v) is 9.95. The van der Waals surface area contributed by atoms with Crippen LogP contribution in [0.1, 0.15) is 6.42 Å². The topological polar surface area (TPSA) is 57.3 Å². The van der Waals surface area contributed by atoms with Crippen molar-refractivity contribution in [3.8, 4) is 0 Å². The highest BCUT2D eigenvalue weighted by atomic mass is 16.1. The van der Waals surface area contributed by atoms with Crippen molar-refractivity contribution in [2.75, 3.05) is 37.9 Å². The second kappa shape index (κ2) is 5.95. The molecule has 0 bridgehead atoms. The Labute approximate surface area is 95.9 Å². The minimum atomic E-state index is 0.0507. The smallest absolute Gasteiger partial charge is 0.221 e. The first-order chi connectivity index (χ1) is 7.67. The molecule has 16 heavy (non-hydrogen) atoms. The van der Waals surface area contributed by atoms with Crippen molar-refractivity contribution in [2.24, 2.45) is 0 Å². The van der Waals surface area contributed by atoms with Gasteiger partial charge in [-0.15, -0.1) is 0 Å². The average Bonchev–Trinajstić information content (AvgIpc) is 2.35. The van der Waals surface area contributed by atoms with Gasteiger partial charge < -0.3 is 15.5 Å². The van der Waals surface area contributed by atoms with E-state index in [-0.39, 0.29) is 5.91 Å². The second-order valence-electron chi connectivity index (χ2n) is 3.49. The summed E-state index contributed by atoms with van der Waals surface area (Å²) in [6.07, 6.45) is 2.24. The van der Waals surface area contributed by atoms with Crippen LogP contribution in [0.25, 0.3) is 0 Å². The minimum absolute atomic E-state index is 0.0507. The highest BCUT2D eigenvalue weighted by molar-refractivity contribution is 5.76. The van der Waals surface area contributed by atoms with Gasteiger partial charge in [-0.1, -0.05) is 0 Å². The minimum Gasteiger partial charge on any atom is -0.374 e. The number of pyridine rings is 1. The van der Waals surface area contributed by atoms with Gasteiger partial charge in [-0.25, -0.2) is 4.98 Å². The number of amides is 1. The predicted octanol–water partition coefficient (Wildman–Crippen LogP) is 0.696. The number of aromatic nitrogens is 1. The monoisotopic (exact) mass is 222 g/mol. The number of rotatable bonds is 5. The maximum Gasteiger partial charge on any atom is 0.221 e. The molecule has 0 saturated heterocycles. The molecule has 5 heteroatoms. The van der Waals surface area contributed by atoms with Crippen molar-refractivity contribution in [3.63, 3.8) is 0 Å². The Balaban J connectivity index is 2.58. The van der Waals surface area contributed by atoms with Crippen molar-refractivity contribution in [3.05, 3.63) is 18.3 Å². The summed E-state index contributed by atoms with van der Waals surface area (Å²) in [6.45, 7) is 0.687. The second-order valence-corrected chi connectivity index (χ2v) is 3.49. The summed E-state index contributed by atoms with van der Waals surface area (Å²) in [5.41, 5.74) is 1.04. The Morgan fingerprint density at radius 3 is 2.88 bits per heavy atom. The Morgan fingerprint density at radius 1 is 1.50 bits per heavy atom. The molecule has 0 aliphatic carbocycles. The summed E-state index contributed by atoms with van der Waals surface area (Å²) in [7, 11) is 5.43. The molecule has 1 aromatic heterocycles. The molecule has 0 spiro atoms. The number of nitrogens with one attached hydrogen (secondary N) is 2. The largest absolute Gasteiger partial charge is 0.374 e. The quantitative estimate of drug-likeness (QED) is 0.770. The van der Waals surface area contributed by atoms with Crippen molar-refractivity contribution in [2.45, 2.75) is 6.42 Å². The molecule has 5 nitrogen and oxygen atoms in total. The number of carbonyl (C=O) groups is 1. The van der Waals surface area contributed by atoms with Crippen molar-refractivity contribution in [1.82, 2.24) is 10.3 Å². The third-order valence-electron chi connectivity index (χ3n) is 2.39. The molecule has 0 fully saturated rings. The molecule has 0 saturated carbocycles. The first kappa shape index (κ1) is 12.3. The van der Waals surface area contributed by atoms with Gasteiger partial charge in [0.1, 0.15) is 5.82 Å². The molecular formula is C11H18N4O. The van der Waals surface area contributed by atoms with E-state index in [9.17, 15) is 4.79 Å². The van der Waals surface area contributed by atoms with Crippen LogP contribution in [0.15, 0.2) is 18.3 Å². The van der Waals surface area contributed by atoms with Crippen molar-refractivity contribution in [1.29, 1.82) is 0 Å². The van der Waals surface area contributed by atoms with Gasteiger partial charge >= 0.3 is 0 Å². The lowest BCUT2D eigenvalue weighted by Crippen LogP contribution is -2.26. The molecule has 1 rings (SSSR count). The Kier molecular flexibility index (Phi) is 4.57. The maximum absolute atomic E-state index is 11.1. The van der Waals surface area contributed by atoms with Gasteiger partial charge in [0.15, 0.2) is 0 Å². The normalized spacial score (nSPS) is 9.69. The van der Waals surface area contributed by atoms with Gasteiger partial charge in [-0.3, -0.25) is 4.79 Å². The molecule has 1 aromatic rings. The van der Waals surface area contributed by atoms with E-state index >= 15 is 0 Å². The van der Waals surface area contributed by atoms with E-state index < -0.39 is 0 Å². The highest BCUT2D eigenvalue weighted by Gasteiger charge is 2.04. The number of carbonyl (C=O) groups excluding carboxylic acids is 1. The molecule has 0 radical (unpaired) electrons. The van der Waals surface area contributed by atoms with Crippen molar-refractivity contribution < 1.29 is 4.79 Å². The number of nitrogens with zero attached hydrogens (tertiary/aromatic N) is 2. The number of hydrogen-bond donors (Lipinski definition) is 2. The van der Waals surface area contributed by atoms with Gasteiger partial charge in [0.05, 0.1) is 0 Å². The predicted molar refractivity (Wildman–Crippen MR) is 65.7 cm³/mol. The summed E-state index contributed by atoms with van der Waals surface area (Å²) < 4.78 is 0. The number of hydrogen-bond acceptors (Lipinski definition) is 4. The standard InChI is InChI=1S/C11H18N4O/c1-12-10-8-9(4-6-14-10)15(3)7-5-11(16)13-2/h4,6,8H,5,7H2,1-3H3,(H,12,14)(H,13,16).